The fraction of sp³-hybridized carbons (Fsp3) is 0.857. The van der Waals surface area contributed by atoms with Crippen molar-refractivity contribution in [3.05, 3.63) is 11.8 Å². The van der Waals surface area contributed by atoms with E-state index >= 15 is 0 Å². The summed E-state index contributed by atoms with van der Waals surface area (Å²) in [5, 5.41) is 13.6. The molecule has 3 heteroatoms. The molecule has 0 aromatic rings. The highest BCUT2D eigenvalue weighted by molar-refractivity contribution is 5.96. The second-order valence-electron chi connectivity index (χ2n) is 9.56. The maximum atomic E-state index is 12.5. The van der Waals surface area contributed by atoms with Crippen LogP contribution in [-0.2, 0) is 4.79 Å². The van der Waals surface area contributed by atoms with E-state index in [1.807, 2.05) is 13.2 Å². The number of aliphatic hydroxyl groups excluding tert-OH is 1. The van der Waals surface area contributed by atoms with Crippen molar-refractivity contribution in [2.75, 3.05) is 7.05 Å². The number of hydrogen-bond acceptors (Lipinski definition) is 3. The molecule has 3 nitrogen and oxygen atoms in total. The van der Waals surface area contributed by atoms with E-state index in [4.69, 9.17) is 0 Å². The van der Waals surface area contributed by atoms with Crippen molar-refractivity contribution in [1.29, 1.82) is 0 Å². The molecule has 4 aliphatic rings. The zero-order valence-electron chi connectivity index (χ0n) is 15.5. The van der Waals surface area contributed by atoms with Gasteiger partial charge in [-0.05, 0) is 79.4 Å². The van der Waals surface area contributed by atoms with Crippen LogP contribution in [0.5, 0.6) is 0 Å². The maximum Gasteiger partial charge on any atom is 0.160 e. The van der Waals surface area contributed by atoms with E-state index in [0.29, 0.717) is 17.6 Å². The first-order valence-corrected chi connectivity index (χ1v) is 9.97. The minimum Gasteiger partial charge on any atom is -0.394 e. The van der Waals surface area contributed by atoms with Crippen LogP contribution in [0, 0.1) is 34.5 Å². The number of aliphatic hydroxyl groups is 1. The molecule has 4 fully saturated rings. The fourth-order valence-corrected chi connectivity index (χ4v) is 7.29. The van der Waals surface area contributed by atoms with Crippen LogP contribution in [0.4, 0.5) is 0 Å². The monoisotopic (exact) mass is 331 g/mol. The third-order valence-corrected chi connectivity index (χ3v) is 8.70. The fourth-order valence-electron chi connectivity index (χ4n) is 7.29. The summed E-state index contributed by atoms with van der Waals surface area (Å²) in [6.07, 6.45) is 10.6. The third kappa shape index (κ3) is 2.16. The van der Waals surface area contributed by atoms with Crippen LogP contribution >= 0.6 is 0 Å². The summed E-state index contributed by atoms with van der Waals surface area (Å²) in [6, 6.07) is 0. The largest absolute Gasteiger partial charge is 0.394 e. The smallest absolute Gasteiger partial charge is 0.160 e. The van der Waals surface area contributed by atoms with Gasteiger partial charge in [-0.3, -0.25) is 4.79 Å². The molecule has 7 atom stereocenters. The van der Waals surface area contributed by atoms with Crippen molar-refractivity contribution in [3.8, 4) is 0 Å². The highest BCUT2D eigenvalue weighted by atomic mass is 16.3. The second kappa shape index (κ2) is 5.59. The number of fused-ring (bicyclic) bond motifs is 5. The first-order chi connectivity index (χ1) is 11.4. The molecular formula is C21H33NO2. The molecule has 24 heavy (non-hydrogen) atoms. The van der Waals surface area contributed by atoms with Gasteiger partial charge in [0.1, 0.15) is 0 Å². The van der Waals surface area contributed by atoms with Crippen molar-refractivity contribution in [3.63, 3.8) is 0 Å². The Bertz CT molecular complexity index is 570. The van der Waals surface area contributed by atoms with Crippen molar-refractivity contribution >= 4 is 5.78 Å². The lowest BCUT2D eigenvalue weighted by Gasteiger charge is -2.60. The van der Waals surface area contributed by atoms with Crippen molar-refractivity contribution in [1.82, 2.24) is 5.32 Å². The van der Waals surface area contributed by atoms with Crippen LogP contribution in [0.2, 0.25) is 0 Å². The Kier molecular flexibility index (Phi) is 3.87. The summed E-state index contributed by atoms with van der Waals surface area (Å²) in [4.78, 5) is 12.5. The van der Waals surface area contributed by atoms with Gasteiger partial charge in [-0.2, -0.15) is 0 Å². The van der Waals surface area contributed by atoms with Gasteiger partial charge in [0.05, 0.1) is 6.10 Å². The van der Waals surface area contributed by atoms with E-state index in [0.717, 1.165) is 36.7 Å². The lowest BCUT2D eigenvalue weighted by Crippen LogP contribution is -2.54. The van der Waals surface area contributed by atoms with Gasteiger partial charge in [0.2, 0.25) is 0 Å². The maximum absolute atomic E-state index is 12.5. The Morgan fingerprint density at radius 3 is 2.58 bits per heavy atom. The van der Waals surface area contributed by atoms with Gasteiger partial charge >= 0.3 is 0 Å². The quantitative estimate of drug-likeness (QED) is 0.721. The highest BCUT2D eigenvalue weighted by Gasteiger charge is 2.60. The number of allylic oxidation sites excluding steroid dienone is 1. The molecule has 7 unspecified atom stereocenters. The van der Waals surface area contributed by atoms with Gasteiger partial charge in [0, 0.05) is 25.2 Å². The van der Waals surface area contributed by atoms with Crippen LogP contribution in [0.15, 0.2) is 11.8 Å². The lowest BCUT2D eigenvalue weighted by molar-refractivity contribution is -0.134. The summed E-state index contributed by atoms with van der Waals surface area (Å²) in [7, 11) is 1.89. The molecule has 4 saturated carbocycles. The van der Waals surface area contributed by atoms with Crippen LogP contribution < -0.4 is 5.32 Å². The van der Waals surface area contributed by atoms with Gasteiger partial charge in [0.15, 0.2) is 5.78 Å². The average Bonchev–Trinajstić information content (AvgIpc) is 2.85. The first-order valence-electron chi connectivity index (χ1n) is 9.97. The highest BCUT2D eigenvalue weighted by Crippen LogP contribution is 2.66. The Hall–Kier alpha value is -0.830. The number of Topliss-reactive ketones (excluding diaryl/α,β-unsaturated/α-hetero) is 1. The van der Waals surface area contributed by atoms with Crippen LogP contribution in [-0.4, -0.2) is 24.0 Å². The molecule has 0 heterocycles. The number of hydrogen-bond donors (Lipinski definition) is 2. The number of carbonyl (C=O) groups excluding carboxylic acids is 1. The predicted octanol–water partition coefficient (Wildman–Crippen LogP) is 3.67. The Morgan fingerprint density at radius 2 is 1.83 bits per heavy atom. The van der Waals surface area contributed by atoms with Crippen LogP contribution in [0.1, 0.15) is 65.2 Å². The van der Waals surface area contributed by atoms with Crippen molar-refractivity contribution in [2.24, 2.45) is 34.5 Å². The average molecular weight is 332 g/mol. The minimum absolute atomic E-state index is 0.0957. The molecular weight excluding hydrogens is 298 g/mol. The van der Waals surface area contributed by atoms with Gasteiger partial charge in [-0.1, -0.05) is 13.8 Å². The van der Waals surface area contributed by atoms with Crippen LogP contribution in [0.25, 0.3) is 0 Å². The molecule has 0 aliphatic heterocycles. The van der Waals surface area contributed by atoms with Gasteiger partial charge in [-0.25, -0.2) is 0 Å². The SMILES string of the molecule is CN/C=C1/CC2(C)C(CCC3C4CCC(O)C4(C)CCC32)CC1=O. The third-order valence-electron chi connectivity index (χ3n) is 8.70. The molecule has 4 rings (SSSR count). The van der Waals surface area contributed by atoms with E-state index < -0.39 is 0 Å². The standard InChI is InChI=1S/C21H33NO2/c1-20-9-8-17-15(16(20)6-7-19(20)24)5-4-14-10-18(23)13(12-22-3)11-21(14,17)2/h12,14-17,19,22,24H,4-11H2,1-3H3/b13-12-. The number of ketones is 1. The van der Waals surface area contributed by atoms with E-state index in [9.17, 15) is 9.90 Å². The lowest BCUT2D eigenvalue weighted by atomic mass is 9.45. The topological polar surface area (TPSA) is 49.3 Å². The van der Waals surface area contributed by atoms with E-state index in [-0.39, 0.29) is 16.9 Å². The number of nitrogens with one attached hydrogen (secondary N) is 1. The van der Waals surface area contributed by atoms with Crippen LogP contribution in [0.3, 0.4) is 0 Å². The Morgan fingerprint density at radius 1 is 1.08 bits per heavy atom. The normalized spacial score (nSPS) is 52.6. The molecule has 0 aromatic carbocycles. The van der Waals surface area contributed by atoms with Gasteiger partial charge < -0.3 is 10.4 Å². The minimum atomic E-state index is -0.0957. The molecule has 0 saturated heterocycles. The van der Waals surface area contributed by atoms with Gasteiger partial charge in [0.25, 0.3) is 0 Å². The molecule has 0 bridgehead atoms. The summed E-state index contributed by atoms with van der Waals surface area (Å²) < 4.78 is 0. The second-order valence-corrected chi connectivity index (χ2v) is 9.56. The predicted molar refractivity (Wildman–Crippen MR) is 95.3 cm³/mol. The molecule has 0 amide bonds. The molecule has 0 spiro atoms. The Labute approximate surface area is 146 Å². The molecule has 0 radical (unpaired) electrons. The van der Waals surface area contributed by atoms with E-state index in [1.165, 1.54) is 32.1 Å². The van der Waals surface area contributed by atoms with E-state index in [1.54, 1.807) is 0 Å². The van der Waals surface area contributed by atoms with E-state index in [2.05, 4.69) is 19.2 Å². The zero-order chi connectivity index (χ0) is 17.1. The summed E-state index contributed by atoms with van der Waals surface area (Å²) >= 11 is 0. The van der Waals surface area contributed by atoms with Gasteiger partial charge in [-0.15, -0.1) is 0 Å². The molecule has 0 aromatic heterocycles. The zero-order valence-corrected chi connectivity index (χ0v) is 15.5. The number of rotatable bonds is 1. The van der Waals surface area contributed by atoms with Crippen molar-refractivity contribution in [2.45, 2.75) is 71.3 Å². The summed E-state index contributed by atoms with van der Waals surface area (Å²) in [6.45, 7) is 4.81. The Balaban J connectivity index is 1.65. The molecule has 4 aliphatic carbocycles. The molecule has 134 valence electrons. The number of carbonyl (C=O) groups is 1. The summed E-state index contributed by atoms with van der Waals surface area (Å²) in [5.74, 6) is 3.11. The summed E-state index contributed by atoms with van der Waals surface area (Å²) in [5.41, 5.74) is 1.43. The first kappa shape index (κ1) is 16.6. The van der Waals surface area contributed by atoms with Crippen molar-refractivity contribution < 1.29 is 9.90 Å². The molecule has 2 N–H and O–H groups in total.